The van der Waals surface area contributed by atoms with Crippen LogP contribution in [0, 0.1) is 11.3 Å². The molecule has 0 bridgehead atoms. The van der Waals surface area contributed by atoms with Gasteiger partial charge in [0.25, 0.3) is 0 Å². The van der Waals surface area contributed by atoms with Crippen molar-refractivity contribution in [2.24, 2.45) is 11.3 Å². The fourth-order valence-electron chi connectivity index (χ4n) is 3.84. The van der Waals surface area contributed by atoms with Gasteiger partial charge >= 0.3 is 0 Å². The third kappa shape index (κ3) is 3.00. The molecule has 0 radical (unpaired) electrons. The van der Waals surface area contributed by atoms with Gasteiger partial charge in [-0.15, -0.1) is 0 Å². The van der Waals surface area contributed by atoms with E-state index in [1.165, 1.54) is 6.92 Å². The van der Waals surface area contributed by atoms with Gasteiger partial charge in [0.2, 0.25) is 17.7 Å². The first kappa shape index (κ1) is 17.2. The Morgan fingerprint density at radius 1 is 1.25 bits per heavy atom. The summed E-state index contributed by atoms with van der Waals surface area (Å²) in [5, 5.41) is 2.74. The third-order valence-corrected chi connectivity index (χ3v) is 5.47. The zero-order valence-corrected chi connectivity index (χ0v) is 14.2. The molecule has 0 spiro atoms. The van der Waals surface area contributed by atoms with Crippen molar-refractivity contribution in [3.8, 4) is 0 Å². The van der Waals surface area contributed by atoms with Gasteiger partial charge in [-0.3, -0.25) is 14.4 Å². The molecule has 1 N–H and O–H groups in total. The average Bonchev–Trinajstić information content (AvgIpc) is 2.92. The van der Waals surface area contributed by atoms with Crippen molar-refractivity contribution in [3.05, 3.63) is 0 Å². The zero-order chi connectivity index (χ0) is 17.3. The number of nitrogens with zero attached hydrogens (tertiary/aromatic N) is 2. The van der Waals surface area contributed by atoms with Gasteiger partial charge in [0.1, 0.15) is 6.61 Å². The van der Waals surface area contributed by atoms with Crippen LogP contribution in [-0.4, -0.2) is 86.7 Å². The highest BCUT2D eigenvalue weighted by atomic mass is 16.5. The molecule has 2 atom stereocenters. The van der Waals surface area contributed by atoms with E-state index >= 15 is 0 Å². The summed E-state index contributed by atoms with van der Waals surface area (Å²) in [5.74, 6) is -0.0542. The van der Waals surface area contributed by atoms with Crippen molar-refractivity contribution in [1.82, 2.24) is 15.1 Å². The maximum Gasteiger partial charge on any atom is 0.248 e. The van der Waals surface area contributed by atoms with Crippen molar-refractivity contribution >= 4 is 17.7 Å². The van der Waals surface area contributed by atoms with E-state index in [1.807, 2.05) is 0 Å². The van der Waals surface area contributed by atoms with Crippen LogP contribution in [-0.2, 0) is 23.9 Å². The Bertz CT molecular complexity index is 534. The van der Waals surface area contributed by atoms with E-state index in [2.05, 4.69) is 5.32 Å². The topological polar surface area (TPSA) is 88.2 Å². The van der Waals surface area contributed by atoms with Crippen LogP contribution in [0.25, 0.3) is 0 Å². The van der Waals surface area contributed by atoms with Gasteiger partial charge in [-0.25, -0.2) is 0 Å². The first-order valence-electron chi connectivity index (χ1n) is 8.41. The van der Waals surface area contributed by atoms with Gasteiger partial charge in [0.15, 0.2) is 0 Å². The molecule has 0 saturated carbocycles. The molecule has 3 heterocycles. The quantitative estimate of drug-likeness (QED) is 0.698. The summed E-state index contributed by atoms with van der Waals surface area (Å²) in [4.78, 5) is 39.4. The molecule has 0 aliphatic carbocycles. The molecular formula is C16H25N3O5. The number of rotatable bonds is 4. The summed E-state index contributed by atoms with van der Waals surface area (Å²) >= 11 is 0. The van der Waals surface area contributed by atoms with E-state index in [1.54, 1.807) is 16.8 Å². The largest absolute Gasteiger partial charge is 0.381 e. The minimum absolute atomic E-state index is 0.00614. The molecule has 3 aliphatic heterocycles. The van der Waals surface area contributed by atoms with E-state index in [4.69, 9.17) is 9.47 Å². The molecule has 3 rings (SSSR count). The molecule has 24 heavy (non-hydrogen) atoms. The van der Waals surface area contributed by atoms with Crippen LogP contribution in [0.1, 0.15) is 13.3 Å². The highest BCUT2D eigenvalue weighted by Crippen LogP contribution is 2.42. The number of ether oxygens (including phenoxy) is 2. The van der Waals surface area contributed by atoms with E-state index in [-0.39, 0.29) is 36.4 Å². The summed E-state index contributed by atoms with van der Waals surface area (Å²) in [6.45, 7) is 4.61. The Kier molecular flexibility index (Phi) is 4.78. The predicted molar refractivity (Wildman–Crippen MR) is 84.0 cm³/mol. The van der Waals surface area contributed by atoms with Gasteiger partial charge in [0, 0.05) is 52.7 Å². The Balaban J connectivity index is 1.53. The van der Waals surface area contributed by atoms with Crippen LogP contribution >= 0.6 is 0 Å². The van der Waals surface area contributed by atoms with Crippen molar-refractivity contribution in [1.29, 1.82) is 0 Å². The Labute approximate surface area is 141 Å². The van der Waals surface area contributed by atoms with Crippen LogP contribution < -0.4 is 5.32 Å². The Morgan fingerprint density at radius 2 is 2.00 bits per heavy atom. The average molecular weight is 339 g/mol. The third-order valence-electron chi connectivity index (χ3n) is 5.47. The smallest absolute Gasteiger partial charge is 0.248 e. The lowest BCUT2D eigenvalue weighted by molar-refractivity contribution is -0.149. The molecule has 3 amide bonds. The number of nitrogens with one attached hydrogen (secondary N) is 1. The van der Waals surface area contributed by atoms with Gasteiger partial charge in [-0.1, -0.05) is 0 Å². The highest BCUT2D eigenvalue weighted by Gasteiger charge is 2.54. The normalized spacial score (nSPS) is 29.8. The van der Waals surface area contributed by atoms with Gasteiger partial charge in [-0.2, -0.15) is 0 Å². The number of fused-ring (bicyclic) bond motifs is 1. The Hall–Kier alpha value is -1.67. The molecule has 0 aromatic rings. The minimum atomic E-state index is -0.537. The standard InChI is InChI=1S/C16H25N3O5/c1-11(20)18-6-13(7-18)24-9-14(21)19-5-12-8-23-4-3-16(12,10-19)15(22)17-2/h12-13H,3-10H2,1-2H3,(H,17,22)/t12-,16+/m1/s1. The van der Waals surface area contributed by atoms with E-state index in [9.17, 15) is 14.4 Å². The summed E-state index contributed by atoms with van der Waals surface area (Å²) in [6, 6.07) is 0. The second kappa shape index (κ2) is 6.68. The summed E-state index contributed by atoms with van der Waals surface area (Å²) in [6.07, 6.45) is 0.567. The predicted octanol–water partition coefficient (Wildman–Crippen LogP) is -1.16. The SMILES string of the molecule is CNC(=O)[C@]12CCOC[C@H]1CN(C(=O)COC1CN(C(C)=O)C1)C2. The maximum absolute atomic E-state index is 12.4. The van der Waals surface area contributed by atoms with E-state index in [0.29, 0.717) is 45.8 Å². The van der Waals surface area contributed by atoms with Crippen LogP contribution in [0.2, 0.25) is 0 Å². The van der Waals surface area contributed by atoms with Crippen LogP contribution in [0.15, 0.2) is 0 Å². The number of hydrogen-bond donors (Lipinski definition) is 1. The van der Waals surface area contributed by atoms with Crippen molar-refractivity contribution in [2.75, 3.05) is 53.0 Å². The molecule has 8 nitrogen and oxygen atoms in total. The number of carbonyl (C=O) groups excluding carboxylic acids is 3. The van der Waals surface area contributed by atoms with Crippen molar-refractivity contribution < 1.29 is 23.9 Å². The molecule has 3 fully saturated rings. The second-order valence-corrected chi connectivity index (χ2v) is 6.89. The van der Waals surface area contributed by atoms with Crippen molar-refractivity contribution in [3.63, 3.8) is 0 Å². The fourth-order valence-corrected chi connectivity index (χ4v) is 3.84. The molecule has 3 saturated heterocycles. The molecular weight excluding hydrogens is 314 g/mol. The minimum Gasteiger partial charge on any atom is -0.381 e. The van der Waals surface area contributed by atoms with Crippen molar-refractivity contribution in [2.45, 2.75) is 19.4 Å². The van der Waals surface area contributed by atoms with Gasteiger partial charge < -0.3 is 24.6 Å². The summed E-state index contributed by atoms with van der Waals surface area (Å²) in [7, 11) is 1.63. The highest BCUT2D eigenvalue weighted by molar-refractivity contribution is 5.86. The first-order chi connectivity index (χ1) is 11.5. The number of hydrogen-bond acceptors (Lipinski definition) is 5. The summed E-state index contributed by atoms with van der Waals surface area (Å²) in [5.41, 5.74) is -0.537. The van der Waals surface area contributed by atoms with Gasteiger partial charge in [0.05, 0.1) is 18.1 Å². The zero-order valence-electron chi connectivity index (χ0n) is 14.2. The van der Waals surface area contributed by atoms with Gasteiger partial charge in [-0.05, 0) is 6.42 Å². The monoisotopic (exact) mass is 339 g/mol. The second-order valence-electron chi connectivity index (χ2n) is 6.89. The fraction of sp³-hybridized carbons (Fsp3) is 0.812. The number of likely N-dealkylation sites (tertiary alicyclic amines) is 2. The lowest BCUT2D eigenvalue weighted by Gasteiger charge is -2.38. The molecule has 0 aromatic carbocycles. The van der Waals surface area contributed by atoms with E-state index < -0.39 is 5.41 Å². The van der Waals surface area contributed by atoms with Crippen LogP contribution in [0.5, 0.6) is 0 Å². The Morgan fingerprint density at radius 3 is 2.67 bits per heavy atom. The number of carbonyl (C=O) groups is 3. The molecule has 8 heteroatoms. The number of amides is 3. The molecule has 0 unspecified atom stereocenters. The maximum atomic E-state index is 12.4. The first-order valence-corrected chi connectivity index (χ1v) is 8.41. The molecule has 134 valence electrons. The molecule has 3 aliphatic rings. The van der Waals surface area contributed by atoms with E-state index in [0.717, 1.165) is 0 Å². The van der Waals surface area contributed by atoms with Crippen LogP contribution in [0.3, 0.4) is 0 Å². The lowest BCUT2D eigenvalue weighted by atomic mass is 9.73. The lowest BCUT2D eigenvalue weighted by Crippen LogP contribution is -2.54. The summed E-state index contributed by atoms with van der Waals surface area (Å²) < 4.78 is 11.1. The molecule has 0 aromatic heterocycles. The van der Waals surface area contributed by atoms with Crippen LogP contribution in [0.4, 0.5) is 0 Å².